The Labute approximate surface area is 187 Å². The Morgan fingerprint density at radius 2 is 1.91 bits per heavy atom. The number of benzene rings is 2. The molecule has 6 heteroatoms. The maximum atomic E-state index is 13.2. The second-order valence-corrected chi connectivity index (χ2v) is 8.26. The summed E-state index contributed by atoms with van der Waals surface area (Å²) < 4.78 is 7.43. The van der Waals surface area contributed by atoms with Crippen LogP contribution in [0.5, 0.6) is 5.75 Å². The van der Waals surface area contributed by atoms with Crippen LogP contribution in [-0.4, -0.2) is 39.9 Å². The predicted molar refractivity (Wildman–Crippen MR) is 125 cm³/mol. The number of methoxy groups -OCH3 is 1. The molecule has 2 heterocycles. The fraction of sp³-hybridized carbons (Fsp3) is 0.308. The van der Waals surface area contributed by atoms with E-state index in [9.17, 15) is 14.7 Å². The summed E-state index contributed by atoms with van der Waals surface area (Å²) in [5, 5.41) is 12.3. The third kappa shape index (κ3) is 3.45. The smallest absolute Gasteiger partial charge is 0.295 e. The number of ether oxygens (including phenoxy) is 1. The number of likely N-dealkylation sites (tertiary alicyclic amines) is 1. The van der Waals surface area contributed by atoms with Crippen molar-refractivity contribution in [3.05, 3.63) is 70.9 Å². The zero-order valence-electron chi connectivity index (χ0n) is 18.9. The quantitative estimate of drug-likeness (QED) is 0.348. The van der Waals surface area contributed by atoms with E-state index in [1.807, 2.05) is 62.0 Å². The van der Waals surface area contributed by atoms with Crippen molar-refractivity contribution in [2.75, 3.05) is 13.7 Å². The molecule has 1 aliphatic rings. The largest absolute Gasteiger partial charge is 0.507 e. The molecule has 1 atom stereocenters. The monoisotopic (exact) mass is 432 g/mol. The predicted octanol–water partition coefficient (Wildman–Crippen LogP) is 4.72. The SMILES string of the molecule is CCCCN1C(=O)C(=O)/C(=C(/O)c2cc(C)ccc2OC)C1c1cn(C)c2ccccc12. The summed E-state index contributed by atoms with van der Waals surface area (Å²) in [4.78, 5) is 27.9. The van der Waals surface area contributed by atoms with Gasteiger partial charge in [-0.15, -0.1) is 0 Å². The van der Waals surface area contributed by atoms with Gasteiger partial charge in [0, 0.05) is 36.3 Å². The molecule has 1 aromatic heterocycles. The number of unbranched alkanes of at least 4 members (excludes halogenated alkanes) is 1. The van der Waals surface area contributed by atoms with Crippen molar-refractivity contribution in [1.82, 2.24) is 9.47 Å². The van der Waals surface area contributed by atoms with Crippen LogP contribution in [-0.2, 0) is 16.6 Å². The van der Waals surface area contributed by atoms with E-state index in [0.29, 0.717) is 17.9 Å². The topological polar surface area (TPSA) is 71.8 Å². The van der Waals surface area contributed by atoms with E-state index < -0.39 is 17.7 Å². The summed E-state index contributed by atoms with van der Waals surface area (Å²) in [6, 6.07) is 12.6. The Kier molecular flexibility index (Phi) is 5.78. The van der Waals surface area contributed by atoms with E-state index >= 15 is 0 Å². The first kappa shape index (κ1) is 21.7. The number of carbonyl (C=O) groups excluding carboxylic acids is 2. The lowest BCUT2D eigenvalue weighted by Crippen LogP contribution is -2.30. The summed E-state index contributed by atoms with van der Waals surface area (Å²) >= 11 is 0. The van der Waals surface area contributed by atoms with Crippen molar-refractivity contribution >= 4 is 28.4 Å². The molecule has 6 nitrogen and oxygen atoms in total. The van der Waals surface area contributed by atoms with Crippen LogP contribution in [0, 0.1) is 6.92 Å². The molecular formula is C26H28N2O4. The molecule has 1 unspecified atom stereocenters. The number of fused-ring (bicyclic) bond motifs is 1. The van der Waals surface area contributed by atoms with Crippen molar-refractivity contribution in [2.24, 2.45) is 7.05 Å². The Morgan fingerprint density at radius 1 is 1.16 bits per heavy atom. The van der Waals surface area contributed by atoms with Gasteiger partial charge >= 0.3 is 0 Å². The van der Waals surface area contributed by atoms with E-state index in [-0.39, 0.29) is 11.3 Å². The van der Waals surface area contributed by atoms with Gasteiger partial charge in [-0.3, -0.25) is 9.59 Å². The zero-order chi connectivity index (χ0) is 23.0. The number of aryl methyl sites for hydroxylation is 2. The molecule has 1 amide bonds. The van der Waals surface area contributed by atoms with Crippen LogP contribution < -0.4 is 4.74 Å². The number of aliphatic hydroxyl groups is 1. The molecule has 1 fully saturated rings. The minimum absolute atomic E-state index is 0.103. The number of ketones is 1. The van der Waals surface area contributed by atoms with Crippen molar-refractivity contribution in [2.45, 2.75) is 32.7 Å². The highest BCUT2D eigenvalue weighted by Gasteiger charge is 2.46. The van der Waals surface area contributed by atoms with Gasteiger partial charge in [-0.1, -0.05) is 43.2 Å². The van der Waals surface area contributed by atoms with Gasteiger partial charge in [-0.2, -0.15) is 0 Å². The molecule has 0 spiro atoms. The molecule has 1 N–H and O–H groups in total. The first-order chi connectivity index (χ1) is 15.4. The summed E-state index contributed by atoms with van der Waals surface area (Å²) in [6.45, 7) is 4.38. The summed E-state index contributed by atoms with van der Waals surface area (Å²) in [7, 11) is 3.46. The fourth-order valence-corrected chi connectivity index (χ4v) is 4.51. The molecule has 32 heavy (non-hydrogen) atoms. The Bertz CT molecular complexity index is 1240. The lowest BCUT2D eigenvalue weighted by Gasteiger charge is -2.25. The summed E-state index contributed by atoms with van der Waals surface area (Å²) in [6.07, 6.45) is 3.60. The molecule has 4 rings (SSSR count). The van der Waals surface area contributed by atoms with Crippen LogP contribution in [0.1, 0.15) is 42.5 Å². The maximum absolute atomic E-state index is 13.2. The fourth-order valence-electron chi connectivity index (χ4n) is 4.51. The zero-order valence-corrected chi connectivity index (χ0v) is 18.9. The molecule has 0 radical (unpaired) electrons. The van der Waals surface area contributed by atoms with Crippen molar-refractivity contribution in [3.8, 4) is 5.75 Å². The Morgan fingerprint density at radius 3 is 2.62 bits per heavy atom. The highest BCUT2D eigenvalue weighted by molar-refractivity contribution is 6.46. The molecule has 0 saturated carbocycles. The van der Waals surface area contributed by atoms with Crippen LogP contribution >= 0.6 is 0 Å². The summed E-state index contributed by atoms with van der Waals surface area (Å²) in [5.41, 5.74) is 3.25. The van der Waals surface area contributed by atoms with E-state index in [4.69, 9.17) is 4.74 Å². The van der Waals surface area contributed by atoms with Gasteiger partial charge in [0.15, 0.2) is 0 Å². The molecule has 1 saturated heterocycles. The van der Waals surface area contributed by atoms with E-state index in [1.165, 1.54) is 7.11 Å². The van der Waals surface area contributed by atoms with E-state index in [1.54, 1.807) is 17.0 Å². The number of rotatable bonds is 6. The van der Waals surface area contributed by atoms with Gasteiger partial charge < -0.3 is 19.3 Å². The van der Waals surface area contributed by atoms with Crippen LogP contribution in [0.25, 0.3) is 16.7 Å². The Hall–Kier alpha value is -3.54. The molecular weight excluding hydrogens is 404 g/mol. The Balaban J connectivity index is 1.99. The number of aliphatic hydroxyl groups excluding tert-OH is 1. The second-order valence-electron chi connectivity index (χ2n) is 8.26. The molecule has 0 aliphatic carbocycles. The lowest BCUT2D eigenvalue weighted by atomic mass is 9.94. The highest BCUT2D eigenvalue weighted by atomic mass is 16.5. The van der Waals surface area contributed by atoms with Crippen LogP contribution in [0.4, 0.5) is 0 Å². The molecule has 2 aromatic carbocycles. The third-order valence-corrected chi connectivity index (χ3v) is 6.12. The van der Waals surface area contributed by atoms with Gasteiger partial charge in [-0.05, 0) is 31.5 Å². The minimum atomic E-state index is -0.669. The minimum Gasteiger partial charge on any atom is -0.507 e. The van der Waals surface area contributed by atoms with E-state index in [2.05, 4.69) is 0 Å². The number of amides is 1. The normalized spacial score (nSPS) is 18.0. The number of nitrogens with zero attached hydrogens (tertiary/aromatic N) is 2. The number of hydrogen-bond donors (Lipinski definition) is 1. The summed E-state index contributed by atoms with van der Waals surface area (Å²) in [5.74, 6) is -1.00. The lowest BCUT2D eigenvalue weighted by molar-refractivity contribution is -0.139. The van der Waals surface area contributed by atoms with Crippen LogP contribution in [0.2, 0.25) is 0 Å². The highest BCUT2D eigenvalue weighted by Crippen LogP contribution is 2.43. The molecule has 3 aromatic rings. The van der Waals surface area contributed by atoms with Gasteiger partial charge in [0.2, 0.25) is 0 Å². The molecule has 166 valence electrons. The number of Topliss-reactive ketones (excluding diaryl/α,β-unsaturated/α-hetero) is 1. The first-order valence-corrected chi connectivity index (χ1v) is 10.9. The number of carbonyl (C=O) groups is 2. The third-order valence-electron chi connectivity index (χ3n) is 6.12. The van der Waals surface area contributed by atoms with Gasteiger partial charge in [-0.25, -0.2) is 0 Å². The standard InChI is InChI=1S/C26H28N2O4/c1-5-6-13-28-23(19-15-27(3)20-10-8-7-9-17(19)20)22(25(30)26(28)31)24(29)18-14-16(2)11-12-21(18)32-4/h7-12,14-15,23,29H,5-6,13H2,1-4H3/b24-22+. The number of aromatic nitrogens is 1. The van der Waals surface area contributed by atoms with Crippen molar-refractivity contribution in [1.29, 1.82) is 0 Å². The van der Waals surface area contributed by atoms with Gasteiger partial charge in [0.1, 0.15) is 11.5 Å². The van der Waals surface area contributed by atoms with Gasteiger partial charge in [0.05, 0.1) is 24.3 Å². The van der Waals surface area contributed by atoms with Crippen LogP contribution in [0.15, 0.2) is 54.2 Å². The second kappa shape index (κ2) is 8.54. The first-order valence-electron chi connectivity index (χ1n) is 10.9. The molecule has 1 aliphatic heterocycles. The average molecular weight is 433 g/mol. The number of hydrogen-bond acceptors (Lipinski definition) is 4. The van der Waals surface area contributed by atoms with Crippen molar-refractivity contribution < 1.29 is 19.4 Å². The van der Waals surface area contributed by atoms with Gasteiger partial charge in [0.25, 0.3) is 11.7 Å². The van der Waals surface area contributed by atoms with Crippen LogP contribution in [0.3, 0.4) is 0 Å². The molecule has 0 bridgehead atoms. The average Bonchev–Trinajstić information content (AvgIpc) is 3.25. The van der Waals surface area contributed by atoms with Crippen molar-refractivity contribution in [3.63, 3.8) is 0 Å². The van der Waals surface area contributed by atoms with E-state index in [0.717, 1.165) is 34.9 Å². The number of para-hydroxylation sites is 1. The maximum Gasteiger partial charge on any atom is 0.295 e.